The van der Waals surface area contributed by atoms with Crippen LogP contribution in [0.15, 0.2) is 0 Å². The quantitative estimate of drug-likeness (QED) is 0.318. The summed E-state index contributed by atoms with van der Waals surface area (Å²) in [5.74, 6) is 0. The van der Waals surface area contributed by atoms with E-state index in [1.54, 1.807) is 0 Å². The van der Waals surface area contributed by atoms with E-state index < -0.39 is 4.33 Å². The summed E-state index contributed by atoms with van der Waals surface area (Å²) < 4.78 is -0.566. The molecule has 0 saturated heterocycles. The third-order valence-corrected chi connectivity index (χ3v) is 5.09. The molecule has 0 fully saturated rings. The van der Waals surface area contributed by atoms with Gasteiger partial charge in [0.2, 0.25) is 0 Å². The highest BCUT2D eigenvalue weighted by molar-refractivity contribution is 6.48. The van der Waals surface area contributed by atoms with Crippen molar-refractivity contribution >= 4 is 46.4 Å². The van der Waals surface area contributed by atoms with Crippen LogP contribution in [-0.4, -0.2) is 38.5 Å². The van der Waals surface area contributed by atoms with Crippen LogP contribution in [0.3, 0.4) is 0 Å². The molecule has 2 nitrogen and oxygen atoms in total. The number of halogens is 4. The molecule has 136 valence electrons. The number of hydrogen-bond donors (Lipinski definition) is 2. The number of aliphatic hydroxyl groups is 2. The Kier molecular flexibility index (Phi) is 19.5. The average molecular weight is 398 g/mol. The van der Waals surface area contributed by atoms with Gasteiger partial charge in [0.25, 0.3) is 0 Å². The lowest BCUT2D eigenvalue weighted by molar-refractivity contribution is 0.281. The Morgan fingerprint density at radius 2 is 1.32 bits per heavy atom. The van der Waals surface area contributed by atoms with Crippen molar-refractivity contribution in [1.29, 1.82) is 0 Å². The van der Waals surface area contributed by atoms with Crippen LogP contribution in [0.5, 0.6) is 0 Å². The lowest BCUT2D eigenvalue weighted by Gasteiger charge is -2.17. The molecule has 0 aliphatic rings. The molecule has 0 aliphatic carbocycles. The predicted octanol–water partition coefficient (Wildman–Crippen LogP) is 5.90. The number of unbranched alkanes of at least 4 members (excludes halogenated alkanes) is 1. The van der Waals surface area contributed by atoms with E-state index in [1.165, 1.54) is 0 Å². The standard InChI is InChI=1S/2C8H16Cl2O/c1-2-5-8(9,10)6-3-4-7-11;1-2-4-7(9)8(10)5-3-6-11/h11H,2-7H2,1H3;7-8,11H,2-6H2,1H3. The SMILES string of the molecule is CCCC(Cl)(Cl)CCCCO.CCCC(Cl)C(Cl)CCCO. The minimum Gasteiger partial charge on any atom is -0.396 e. The summed E-state index contributed by atoms with van der Waals surface area (Å²) in [4.78, 5) is 0. The molecule has 0 aromatic heterocycles. The summed E-state index contributed by atoms with van der Waals surface area (Å²) in [6.07, 6.45) is 7.91. The van der Waals surface area contributed by atoms with Gasteiger partial charge in [0, 0.05) is 18.6 Å². The molecule has 0 aromatic rings. The van der Waals surface area contributed by atoms with Crippen molar-refractivity contribution < 1.29 is 10.2 Å². The topological polar surface area (TPSA) is 40.5 Å². The fourth-order valence-electron chi connectivity index (χ4n) is 1.91. The zero-order valence-corrected chi connectivity index (χ0v) is 16.9. The molecule has 2 atom stereocenters. The first-order chi connectivity index (χ1) is 10.3. The van der Waals surface area contributed by atoms with E-state index in [0.29, 0.717) is 0 Å². The Hall–Kier alpha value is 1.08. The Bertz CT molecular complexity index is 228. The van der Waals surface area contributed by atoms with Crippen molar-refractivity contribution in [2.24, 2.45) is 0 Å². The molecule has 0 heterocycles. The molecule has 0 rings (SSSR count). The molecule has 2 N–H and O–H groups in total. The van der Waals surface area contributed by atoms with Crippen LogP contribution in [0, 0.1) is 0 Å². The predicted molar refractivity (Wildman–Crippen MR) is 101 cm³/mol. The van der Waals surface area contributed by atoms with Gasteiger partial charge in [-0.15, -0.1) is 46.4 Å². The van der Waals surface area contributed by atoms with Crippen molar-refractivity contribution in [1.82, 2.24) is 0 Å². The van der Waals surface area contributed by atoms with Gasteiger partial charge in [-0.1, -0.05) is 26.7 Å². The molecular formula is C16H32Cl4O2. The molecule has 0 radical (unpaired) electrons. The molecule has 22 heavy (non-hydrogen) atoms. The van der Waals surface area contributed by atoms with Gasteiger partial charge in [-0.2, -0.15) is 0 Å². The molecule has 6 heteroatoms. The van der Waals surface area contributed by atoms with Gasteiger partial charge in [0.05, 0.1) is 5.38 Å². The van der Waals surface area contributed by atoms with E-state index in [4.69, 9.17) is 56.6 Å². The number of alkyl halides is 4. The van der Waals surface area contributed by atoms with Crippen LogP contribution in [0.4, 0.5) is 0 Å². The number of rotatable bonds is 12. The summed E-state index contributed by atoms with van der Waals surface area (Å²) in [7, 11) is 0. The van der Waals surface area contributed by atoms with Crippen molar-refractivity contribution in [3.8, 4) is 0 Å². The van der Waals surface area contributed by atoms with E-state index in [2.05, 4.69) is 13.8 Å². The van der Waals surface area contributed by atoms with Gasteiger partial charge in [0.15, 0.2) is 0 Å². The lowest BCUT2D eigenvalue weighted by atomic mass is 10.1. The third kappa shape index (κ3) is 17.4. The van der Waals surface area contributed by atoms with Gasteiger partial charge in [-0.05, 0) is 44.9 Å². The Labute approximate surface area is 156 Å². The third-order valence-electron chi connectivity index (χ3n) is 3.16. The minimum atomic E-state index is -0.566. The van der Waals surface area contributed by atoms with Crippen LogP contribution in [0.2, 0.25) is 0 Å². The maximum atomic E-state index is 8.53. The summed E-state index contributed by atoms with van der Waals surface area (Å²) in [5, 5.41) is 17.1. The zero-order valence-electron chi connectivity index (χ0n) is 13.8. The first-order valence-corrected chi connectivity index (χ1v) is 9.85. The van der Waals surface area contributed by atoms with E-state index in [-0.39, 0.29) is 24.0 Å². The smallest absolute Gasteiger partial charge is 0.118 e. The van der Waals surface area contributed by atoms with E-state index in [9.17, 15) is 0 Å². The van der Waals surface area contributed by atoms with Gasteiger partial charge in [-0.3, -0.25) is 0 Å². The highest BCUT2D eigenvalue weighted by atomic mass is 35.5. The van der Waals surface area contributed by atoms with Crippen LogP contribution in [0.25, 0.3) is 0 Å². The molecule has 2 unspecified atom stereocenters. The van der Waals surface area contributed by atoms with E-state index in [0.717, 1.165) is 57.8 Å². The summed E-state index contributed by atoms with van der Waals surface area (Å²) in [6, 6.07) is 0. The molecule has 0 bridgehead atoms. The zero-order chi connectivity index (χ0) is 17.4. The summed E-state index contributed by atoms with van der Waals surface area (Å²) in [6.45, 7) is 4.59. The molecular weight excluding hydrogens is 366 g/mol. The van der Waals surface area contributed by atoms with Crippen molar-refractivity contribution in [3.05, 3.63) is 0 Å². The Balaban J connectivity index is 0. The fourth-order valence-corrected chi connectivity index (χ4v) is 3.18. The van der Waals surface area contributed by atoms with Gasteiger partial charge >= 0.3 is 0 Å². The highest BCUT2D eigenvalue weighted by Crippen LogP contribution is 2.32. The molecule has 0 saturated carbocycles. The van der Waals surface area contributed by atoms with Gasteiger partial charge in [-0.25, -0.2) is 0 Å². The number of aliphatic hydroxyl groups excluding tert-OH is 2. The highest BCUT2D eigenvalue weighted by Gasteiger charge is 2.21. The molecule has 0 amide bonds. The monoisotopic (exact) mass is 396 g/mol. The van der Waals surface area contributed by atoms with E-state index >= 15 is 0 Å². The average Bonchev–Trinajstić information content (AvgIpc) is 2.45. The fraction of sp³-hybridized carbons (Fsp3) is 1.00. The minimum absolute atomic E-state index is 0.0174. The Morgan fingerprint density at radius 3 is 1.77 bits per heavy atom. The van der Waals surface area contributed by atoms with Crippen molar-refractivity contribution in [2.45, 2.75) is 86.7 Å². The van der Waals surface area contributed by atoms with Crippen LogP contribution in [0.1, 0.15) is 71.6 Å². The number of hydrogen-bond acceptors (Lipinski definition) is 2. The lowest BCUT2D eigenvalue weighted by Crippen LogP contribution is -2.14. The normalized spacial score (nSPS) is 14.2. The maximum absolute atomic E-state index is 8.53. The first-order valence-electron chi connectivity index (χ1n) is 8.22. The molecule has 0 spiro atoms. The van der Waals surface area contributed by atoms with Crippen LogP contribution >= 0.6 is 46.4 Å². The van der Waals surface area contributed by atoms with Crippen LogP contribution < -0.4 is 0 Å². The second-order valence-corrected chi connectivity index (χ2v) is 8.23. The van der Waals surface area contributed by atoms with Gasteiger partial charge < -0.3 is 10.2 Å². The summed E-state index contributed by atoms with van der Waals surface area (Å²) >= 11 is 23.8. The first kappa shape index (κ1) is 25.3. The van der Waals surface area contributed by atoms with Crippen molar-refractivity contribution in [3.63, 3.8) is 0 Å². The van der Waals surface area contributed by atoms with Gasteiger partial charge in [0.1, 0.15) is 4.33 Å². The molecule has 0 aliphatic heterocycles. The van der Waals surface area contributed by atoms with Crippen LogP contribution in [-0.2, 0) is 0 Å². The summed E-state index contributed by atoms with van der Waals surface area (Å²) in [5.41, 5.74) is 0. The van der Waals surface area contributed by atoms with Crippen molar-refractivity contribution in [2.75, 3.05) is 13.2 Å². The maximum Gasteiger partial charge on any atom is 0.118 e. The largest absolute Gasteiger partial charge is 0.396 e. The second kappa shape index (κ2) is 16.9. The second-order valence-electron chi connectivity index (χ2n) is 5.47. The molecule has 0 aromatic carbocycles. The van der Waals surface area contributed by atoms with E-state index in [1.807, 2.05) is 0 Å². The Morgan fingerprint density at radius 1 is 0.773 bits per heavy atom.